The lowest BCUT2D eigenvalue weighted by atomic mass is 10.1. The van der Waals surface area contributed by atoms with Crippen LogP contribution < -0.4 is 10.9 Å². The van der Waals surface area contributed by atoms with Gasteiger partial charge in [-0.1, -0.05) is 13.8 Å². The molecule has 0 aliphatic carbocycles. The summed E-state index contributed by atoms with van der Waals surface area (Å²) in [6, 6.07) is 9.01. The Morgan fingerprint density at radius 2 is 1.85 bits per heavy atom. The molecule has 6 nitrogen and oxygen atoms in total. The monoisotopic (exact) mass is 374 g/mol. The zero-order chi connectivity index (χ0) is 19.6. The van der Waals surface area contributed by atoms with Crippen LogP contribution in [-0.2, 0) is 11.3 Å². The van der Waals surface area contributed by atoms with Crippen molar-refractivity contribution in [2.45, 2.75) is 33.2 Å². The van der Waals surface area contributed by atoms with E-state index < -0.39 is 0 Å². The first-order valence-corrected chi connectivity index (χ1v) is 9.36. The average Bonchev–Trinajstić information content (AvgIpc) is 2.67. The summed E-state index contributed by atoms with van der Waals surface area (Å²) in [5, 5.41) is 7.22. The van der Waals surface area contributed by atoms with Crippen LogP contribution in [-0.4, -0.2) is 46.8 Å². The number of carbonyl (C=O) groups excluding carboxylic acids is 1. The molecule has 0 bridgehead atoms. The maximum Gasteiger partial charge on any atom is 0.266 e. The number of nitrogens with one attached hydrogen (secondary N) is 1. The third-order valence-corrected chi connectivity index (χ3v) is 4.42. The first kappa shape index (κ1) is 20.8. The summed E-state index contributed by atoms with van der Waals surface area (Å²) in [6.45, 7) is 7.93. The van der Waals surface area contributed by atoms with Crippen LogP contribution in [0.15, 0.2) is 41.2 Å². The zero-order valence-corrected chi connectivity index (χ0v) is 15.9. The molecule has 0 unspecified atom stereocenters. The molecule has 2 aromatic rings. The Kier molecular flexibility index (Phi) is 8.13. The molecular formula is C20H27FN4O2. The second-order valence-corrected chi connectivity index (χ2v) is 6.27. The lowest BCUT2D eigenvalue weighted by Crippen LogP contribution is -2.34. The normalized spacial score (nSPS) is 11.0. The number of hydrogen-bond acceptors (Lipinski definition) is 4. The number of likely N-dealkylation sites (N-methyl/N-ethyl adjacent to an activating group) is 1. The van der Waals surface area contributed by atoms with Gasteiger partial charge < -0.3 is 10.2 Å². The molecule has 27 heavy (non-hydrogen) atoms. The Balaban J connectivity index is 1.85. The Bertz CT molecular complexity index is 785. The molecule has 0 saturated heterocycles. The molecule has 0 aliphatic heterocycles. The van der Waals surface area contributed by atoms with Crippen LogP contribution in [0.1, 0.15) is 26.7 Å². The van der Waals surface area contributed by atoms with Crippen molar-refractivity contribution in [3.63, 3.8) is 0 Å². The van der Waals surface area contributed by atoms with Crippen LogP contribution >= 0.6 is 0 Å². The molecule has 0 aliphatic rings. The van der Waals surface area contributed by atoms with Crippen molar-refractivity contribution in [2.75, 3.05) is 26.2 Å². The molecule has 1 N–H and O–H groups in total. The topological polar surface area (TPSA) is 67.2 Å². The van der Waals surface area contributed by atoms with Crippen molar-refractivity contribution in [3.05, 3.63) is 52.6 Å². The van der Waals surface area contributed by atoms with Crippen LogP contribution in [0.3, 0.4) is 0 Å². The maximum absolute atomic E-state index is 13.0. The van der Waals surface area contributed by atoms with E-state index in [1.54, 1.807) is 18.2 Å². The van der Waals surface area contributed by atoms with Gasteiger partial charge in [-0.05, 0) is 49.8 Å². The van der Waals surface area contributed by atoms with E-state index in [4.69, 9.17) is 0 Å². The predicted octanol–water partition coefficient (Wildman–Crippen LogP) is 2.29. The largest absolute Gasteiger partial charge is 0.355 e. The first-order chi connectivity index (χ1) is 13.0. The molecule has 146 valence electrons. The standard InChI is InChI=1S/C20H27FN4O2/c1-3-24(4-2)15-13-22-19(26)6-5-14-25-20(27)12-11-18(23-25)16-7-9-17(21)10-8-16/h7-12H,3-6,13-15H2,1-2H3,(H,22,26). The number of aromatic nitrogens is 2. The Morgan fingerprint density at radius 3 is 2.52 bits per heavy atom. The van der Waals surface area contributed by atoms with Gasteiger partial charge in [0.1, 0.15) is 5.82 Å². The number of nitrogens with zero attached hydrogens (tertiary/aromatic N) is 3. The Labute approximate surface area is 159 Å². The minimum atomic E-state index is -0.320. The van der Waals surface area contributed by atoms with E-state index in [0.717, 1.165) is 25.2 Å². The van der Waals surface area contributed by atoms with Gasteiger partial charge in [-0.15, -0.1) is 0 Å². The molecule has 0 radical (unpaired) electrons. The van der Waals surface area contributed by atoms with Gasteiger partial charge in [0.05, 0.1) is 5.69 Å². The zero-order valence-electron chi connectivity index (χ0n) is 15.9. The molecule has 1 amide bonds. The van der Waals surface area contributed by atoms with Gasteiger partial charge in [0, 0.05) is 37.7 Å². The van der Waals surface area contributed by atoms with Crippen LogP contribution in [0.2, 0.25) is 0 Å². The Morgan fingerprint density at radius 1 is 1.15 bits per heavy atom. The Hall–Kier alpha value is -2.54. The maximum atomic E-state index is 13.0. The van der Waals surface area contributed by atoms with Crippen LogP contribution in [0, 0.1) is 5.82 Å². The number of carbonyl (C=O) groups is 1. The summed E-state index contributed by atoms with van der Waals surface area (Å²) in [5.74, 6) is -0.344. The van der Waals surface area contributed by atoms with Crippen molar-refractivity contribution in [1.82, 2.24) is 20.0 Å². The molecule has 0 spiro atoms. The highest BCUT2D eigenvalue weighted by Crippen LogP contribution is 2.15. The SMILES string of the molecule is CCN(CC)CCNC(=O)CCCn1nc(-c2ccc(F)cc2)ccc1=O. The van der Waals surface area contributed by atoms with E-state index in [1.165, 1.54) is 22.9 Å². The highest BCUT2D eigenvalue weighted by atomic mass is 19.1. The molecule has 0 saturated carbocycles. The van der Waals surface area contributed by atoms with Gasteiger partial charge in [0.15, 0.2) is 0 Å². The summed E-state index contributed by atoms with van der Waals surface area (Å²) in [4.78, 5) is 26.1. The summed E-state index contributed by atoms with van der Waals surface area (Å²) in [5.41, 5.74) is 1.11. The quantitative estimate of drug-likeness (QED) is 0.693. The molecule has 2 rings (SSSR count). The third kappa shape index (κ3) is 6.60. The predicted molar refractivity (Wildman–Crippen MR) is 104 cm³/mol. The molecular weight excluding hydrogens is 347 g/mol. The fraction of sp³-hybridized carbons (Fsp3) is 0.450. The smallest absolute Gasteiger partial charge is 0.266 e. The average molecular weight is 374 g/mol. The second-order valence-electron chi connectivity index (χ2n) is 6.27. The highest BCUT2D eigenvalue weighted by Gasteiger charge is 2.06. The number of benzene rings is 1. The lowest BCUT2D eigenvalue weighted by Gasteiger charge is -2.17. The number of hydrogen-bond donors (Lipinski definition) is 1. The van der Waals surface area contributed by atoms with E-state index >= 15 is 0 Å². The molecule has 1 heterocycles. The van der Waals surface area contributed by atoms with E-state index in [2.05, 4.69) is 29.2 Å². The van der Waals surface area contributed by atoms with Gasteiger partial charge in [0.25, 0.3) is 5.56 Å². The van der Waals surface area contributed by atoms with E-state index in [1.807, 2.05) is 0 Å². The third-order valence-electron chi connectivity index (χ3n) is 4.42. The summed E-state index contributed by atoms with van der Waals surface area (Å²) >= 11 is 0. The number of halogens is 1. The van der Waals surface area contributed by atoms with E-state index in [0.29, 0.717) is 31.6 Å². The molecule has 1 aromatic carbocycles. The van der Waals surface area contributed by atoms with Crippen molar-refractivity contribution in [2.24, 2.45) is 0 Å². The van der Waals surface area contributed by atoms with Crippen LogP contribution in [0.4, 0.5) is 4.39 Å². The summed E-state index contributed by atoms with van der Waals surface area (Å²) < 4.78 is 14.4. The molecule has 1 aromatic heterocycles. The van der Waals surface area contributed by atoms with Crippen molar-refractivity contribution < 1.29 is 9.18 Å². The van der Waals surface area contributed by atoms with E-state index in [-0.39, 0.29) is 17.3 Å². The van der Waals surface area contributed by atoms with Crippen molar-refractivity contribution in [1.29, 1.82) is 0 Å². The van der Waals surface area contributed by atoms with Gasteiger partial charge in [0.2, 0.25) is 5.91 Å². The van der Waals surface area contributed by atoms with Crippen molar-refractivity contribution in [3.8, 4) is 11.3 Å². The minimum Gasteiger partial charge on any atom is -0.355 e. The highest BCUT2D eigenvalue weighted by molar-refractivity contribution is 5.75. The van der Waals surface area contributed by atoms with Crippen LogP contribution in [0.5, 0.6) is 0 Å². The lowest BCUT2D eigenvalue weighted by molar-refractivity contribution is -0.121. The summed E-state index contributed by atoms with van der Waals surface area (Å²) in [7, 11) is 0. The molecule has 7 heteroatoms. The molecule has 0 atom stereocenters. The molecule has 0 fully saturated rings. The van der Waals surface area contributed by atoms with Gasteiger partial charge in [-0.3, -0.25) is 9.59 Å². The summed E-state index contributed by atoms with van der Waals surface area (Å²) in [6.07, 6.45) is 0.865. The fourth-order valence-electron chi connectivity index (χ4n) is 2.75. The number of amides is 1. The second kappa shape index (κ2) is 10.6. The minimum absolute atomic E-state index is 0.0232. The van der Waals surface area contributed by atoms with Gasteiger partial charge in [-0.25, -0.2) is 9.07 Å². The van der Waals surface area contributed by atoms with Crippen LogP contribution in [0.25, 0.3) is 11.3 Å². The fourth-order valence-corrected chi connectivity index (χ4v) is 2.75. The number of rotatable bonds is 10. The van der Waals surface area contributed by atoms with Gasteiger partial charge >= 0.3 is 0 Å². The van der Waals surface area contributed by atoms with Gasteiger partial charge in [-0.2, -0.15) is 5.10 Å². The van der Waals surface area contributed by atoms with Crippen molar-refractivity contribution >= 4 is 5.91 Å². The van der Waals surface area contributed by atoms with E-state index in [9.17, 15) is 14.0 Å². The number of aryl methyl sites for hydroxylation is 1. The first-order valence-electron chi connectivity index (χ1n) is 9.36.